The van der Waals surface area contributed by atoms with E-state index in [0.29, 0.717) is 130 Å². The molecule has 14 rings (SSSR count). The second-order valence-corrected chi connectivity index (χ2v) is 30.4. The van der Waals surface area contributed by atoms with Crippen molar-refractivity contribution in [3.63, 3.8) is 0 Å². The third kappa shape index (κ3) is 15.6. The first kappa shape index (κ1) is 79.3. The van der Waals surface area contributed by atoms with Gasteiger partial charge in [-0.15, -0.1) is 0 Å². The lowest BCUT2D eigenvalue weighted by atomic mass is 10.0. The van der Waals surface area contributed by atoms with Gasteiger partial charge in [-0.05, 0) is 137 Å². The molecule has 1 N–H and O–H groups in total. The van der Waals surface area contributed by atoms with Crippen molar-refractivity contribution in [2.45, 2.75) is 125 Å². The number of benzene rings is 2. The molecule has 0 unspecified atom stereocenters. The Kier molecular flexibility index (Phi) is 23.4. The van der Waals surface area contributed by atoms with E-state index in [0.717, 1.165) is 33.6 Å². The summed E-state index contributed by atoms with van der Waals surface area (Å²) in [7, 11) is 1.94. The van der Waals surface area contributed by atoms with E-state index in [1.165, 1.54) is 28.9 Å². The highest BCUT2D eigenvalue weighted by Gasteiger charge is 2.37. The summed E-state index contributed by atoms with van der Waals surface area (Å²) >= 11 is 20.1. The number of fused-ring (bicyclic) bond motifs is 3. The molecule has 0 spiro atoms. The van der Waals surface area contributed by atoms with Crippen LogP contribution in [0.15, 0.2) is 156 Å². The van der Waals surface area contributed by atoms with E-state index in [9.17, 15) is 33.2 Å². The van der Waals surface area contributed by atoms with Crippen LogP contribution in [0, 0.1) is 19.7 Å². The average molecular weight is 1560 g/mol. The summed E-state index contributed by atoms with van der Waals surface area (Å²) in [4.78, 5) is 122. The second kappa shape index (κ2) is 32.8. The second-order valence-electron chi connectivity index (χ2n) is 29.2. The molecule has 0 saturated carbocycles. The van der Waals surface area contributed by atoms with Gasteiger partial charge in [-0.3, -0.25) is 24.5 Å². The number of carbonyl (C=O) groups is 3. The van der Waals surface area contributed by atoms with Crippen LogP contribution in [0.3, 0.4) is 0 Å². The van der Waals surface area contributed by atoms with E-state index in [4.69, 9.17) is 49.8 Å². The predicted molar refractivity (Wildman–Crippen MR) is 437 cm³/mol. The fraction of sp³-hybridized carbons (Fsp3) is 0.341. The van der Waals surface area contributed by atoms with Crippen molar-refractivity contribution >= 4 is 103 Å². The minimum absolute atomic E-state index is 0.0548. The number of amides is 3. The number of H-pyrrole nitrogens is 1. The number of piperazine rings is 3. The molecule has 111 heavy (non-hydrogen) atoms. The van der Waals surface area contributed by atoms with E-state index < -0.39 is 22.9 Å². The highest BCUT2D eigenvalue weighted by molar-refractivity contribution is 6.34. The van der Waals surface area contributed by atoms with Gasteiger partial charge in [0.05, 0.1) is 71.6 Å². The summed E-state index contributed by atoms with van der Waals surface area (Å²) in [6, 6.07) is 22.9. The molecule has 0 radical (unpaired) electrons. The fourth-order valence-corrected chi connectivity index (χ4v) is 15.6. The minimum atomic E-state index is -0.565. The zero-order chi connectivity index (χ0) is 79.9. The maximum absolute atomic E-state index is 14.8. The number of nitrogens with one attached hydrogen (secondary N) is 1. The first-order chi connectivity index (χ1) is 52.9. The zero-order valence-corrected chi connectivity index (χ0v) is 66.6. The summed E-state index contributed by atoms with van der Waals surface area (Å²) < 4.78 is 21.2. The average Bonchev–Trinajstić information content (AvgIpc) is 1.34. The van der Waals surface area contributed by atoms with Crippen molar-refractivity contribution in [1.29, 1.82) is 0 Å². The minimum Gasteiger partial charge on any atom is -0.357 e. The molecule has 3 amide bonds. The van der Waals surface area contributed by atoms with Gasteiger partial charge in [0, 0.05) is 119 Å². The number of anilines is 3. The molecule has 576 valence electrons. The van der Waals surface area contributed by atoms with E-state index in [1.54, 1.807) is 60.5 Å². The number of nitrogens with zero attached hydrogens (tertiary/aromatic N) is 18. The number of para-hydroxylation sites is 1. The van der Waals surface area contributed by atoms with Gasteiger partial charge in [0.2, 0.25) is 17.7 Å². The molecule has 29 heteroatoms. The summed E-state index contributed by atoms with van der Waals surface area (Å²) in [5, 5.41) is 10.1. The number of halogens is 4. The van der Waals surface area contributed by atoms with Gasteiger partial charge in [-0.25, -0.2) is 47.4 Å². The maximum Gasteiger partial charge on any atom is 0.357 e. The lowest BCUT2D eigenvalue weighted by Gasteiger charge is -2.45. The number of aromatic amines is 1. The third-order valence-corrected chi connectivity index (χ3v) is 21.4. The molecule has 3 aliphatic rings. The Bertz CT molecular complexity index is 5680. The summed E-state index contributed by atoms with van der Waals surface area (Å²) in [6.07, 6.45) is 11.3. The number of aryl methyl sites for hydroxylation is 3. The lowest BCUT2D eigenvalue weighted by molar-refractivity contribution is -0.127. The quantitative estimate of drug-likeness (QED) is 0.0992. The van der Waals surface area contributed by atoms with Gasteiger partial charge < -0.3 is 34.0 Å². The van der Waals surface area contributed by atoms with E-state index in [1.807, 2.05) is 147 Å². The monoisotopic (exact) mass is 1560 g/mol. The Morgan fingerprint density at radius 2 is 1.05 bits per heavy atom. The molecule has 9 aromatic heterocycles. The van der Waals surface area contributed by atoms with Crippen LogP contribution in [0.25, 0.3) is 72.8 Å². The molecule has 4 atom stereocenters. The normalized spacial score (nSPS) is 16.7. The molecular weight excluding hydrogens is 1470 g/mol. The van der Waals surface area contributed by atoms with Gasteiger partial charge >= 0.3 is 17.1 Å². The Morgan fingerprint density at radius 3 is 1.61 bits per heavy atom. The van der Waals surface area contributed by atoms with E-state index in [2.05, 4.69) is 73.5 Å². The largest absolute Gasteiger partial charge is 0.357 e. The first-order valence-corrected chi connectivity index (χ1v) is 38.0. The summed E-state index contributed by atoms with van der Waals surface area (Å²) in [5.41, 5.74) is 7.35. The Balaban J connectivity index is 0.000000155. The van der Waals surface area contributed by atoms with Crippen LogP contribution in [-0.2, 0) is 21.4 Å². The van der Waals surface area contributed by atoms with Gasteiger partial charge in [-0.2, -0.15) is 20.1 Å². The number of rotatable bonds is 14. The molecule has 3 saturated heterocycles. The Hall–Kier alpha value is -11.2. The van der Waals surface area contributed by atoms with Crippen molar-refractivity contribution in [3.8, 4) is 39.7 Å². The van der Waals surface area contributed by atoms with Gasteiger partial charge in [-0.1, -0.05) is 126 Å². The molecule has 3 fully saturated rings. The number of hydrogen-bond acceptors (Lipinski definition) is 17. The molecule has 0 bridgehead atoms. The van der Waals surface area contributed by atoms with Crippen LogP contribution in [0.2, 0.25) is 15.1 Å². The Morgan fingerprint density at radius 1 is 0.559 bits per heavy atom. The molecule has 11 aromatic rings. The van der Waals surface area contributed by atoms with Gasteiger partial charge in [0.1, 0.15) is 29.1 Å². The van der Waals surface area contributed by atoms with Crippen LogP contribution in [-0.4, -0.2) is 172 Å². The van der Waals surface area contributed by atoms with Crippen molar-refractivity contribution in [3.05, 3.63) is 222 Å². The van der Waals surface area contributed by atoms with Gasteiger partial charge in [0.15, 0.2) is 16.9 Å². The van der Waals surface area contributed by atoms with Crippen LogP contribution < -0.4 is 31.8 Å². The van der Waals surface area contributed by atoms with Crippen LogP contribution in [0.1, 0.15) is 115 Å². The van der Waals surface area contributed by atoms with Crippen molar-refractivity contribution in [2.24, 2.45) is 7.05 Å². The molecular formula is C82H89Cl3FN19O6. The van der Waals surface area contributed by atoms with Crippen molar-refractivity contribution in [2.75, 3.05) is 67.1 Å². The first-order valence-electron chi connectivity index (χ1n) is 36.8. The smallest absolute Gasteiger partial charge is 0.357 e. The lowest BCUT2D eigenvalue weighted by Crippen LogP contribution is -2.58. The van der Waals surface area contributed by atoms with Gasteiger partial charge in [0.25, 0.3) is 0 Å². The maximum atomic E-state index is 14.8. The standard InChI is InChI=1S/C29H31ClN6O2.C27H27ClFN7O2.C26H31ClN6O2/c1-6-25(37)34-13-14-35(19(4)16-34)27-22-15-23(30)26(20-11-12-33(5)17-20)31-28(22)36(29(38)32-27)24-10-8-7-9-21(24)18(2)3;1-5-22(37)34-10-11-35(16(4)14-34)24-18-12-20(28)23(17-8-6-7-9-21(17)29)31-25(18)36(27(38)32-24)26-19(15(2)3)13-30-33-26;1-8-21(34)31-12-16(5)32(17(6)13-31)25-19-11-20(27)18(7)29-24(19)33(26(35)30-25)23-15(4)9-10-28-22(23)14(2)3/h6-12,15,17-19H,1,13-14,16H2,2-5H3;5-9,12-13,15-16H,1,10-11,14H2,2-4H3,(H,30,33);8-11,14,16-17H,1,12-13H2,2-7H3/t19-;16-;16-,17-/m000/s1. The Labute approximate surface area is 657 Å². The molecule has 3 aliphatic heterocycles. The zero-order valence-electron chi connectivity index (χ0n) is 64.4. The topological polar surface area (TPSA) is 260 Å². The number of pyridine rings is 4. The fourth-order valence-electron chi connectivity index (χ4n) is 15.0. The third-order valence-electron chi connectivity index (χ3n) is 20.5. The highest BCUT2D eigenvalue weighted by Crippen LogP contribution is 2.40. The van der Waals surface area contributed by atoms with Crippen LogP contribution in [0.5, 0.6) is 0 Å². The van der Waals surface area contributed by atoms with E-state index >= 15 is 0 Å². The number of aromatic nitrogens is 13. The number of carbonyl (C=O) groups excluding carboxylic acids is 3. The molecule has 0 aliphatic carbocycles. The number of hydrogen-bond donors (Lipinski definition) is 1. The van der Waals surface area contributed by atoms with E-state index in [-0.39, 0.29) is 81.6 Å². The molecule has 2 aromatic carbocycles. The molecule has 12 heterocycles. The highest BCUT2D eigenvalue weighted by atomic mass is 35.5. The molecule has 25 nitrogen and oxygen atoms in total. The summed E-state index contributed by atoms with van der Waals surface area (Å²) in [5.74, 6) is 1.38. The van der Waals surface area contributed by atoms with Crippen LogP contribution >= 0.6 is 34.8 Å². The van der Waals surface area contributed by atoms with Crippen molar-refractivity contribution in [1.82, 2.24) is 78.1 Å². The SMILES string of the molecule is C=CC(=O)N1CCN(c2nc(=O)n(-c3[nH]ncc3C(C)C)c3nc(-c4ccccc4F)c(Cl)cc23)[C@@H](C)C1.C=CC(=O)N1CCN(c2nc(=O)n(-c3ccccc3C(C)C)c3nc(-c4ccn(C)c4)c(Cl)cc23)[C@@H](C)C1.C=CC(=O)N1C[C@H](C)N(c2nc(=O)n(-c3c(C)ccnc3C(C)C)c3nc(C)c(Cl)cc23)[C@@H](C)C1. The van der Waals surface area contributed by atoms with Crippen LogP contribution in [0.4, 0.5) is 21.8 Å². The predicted octanol–water partition coefficient (Wildman–Crippen LogP) is 13.3. The summed E-state index contributed by atoms with van der Waals surface area (Å²) in [6.45, 7) is 38.7. The van der Waals surface area contributed by atoms with Crippen molar-refractivity contribution < 1.29 is 18.8 Å².